The number of hydrogen-bond donors (Lipinski definition) is 2. The lowest BCUT2D eigenvalue weighted by molar-refractivity contribution is 0.433. The fourth-order valence-electron chi connectivity index (χ4n) is 5.69. The van der Waals surface area contributed by atoms with E-state index >= 15 is 0 Å². The van der Waals surface area contributed by atoms with Crippen LogP contribution in [0, 0.1) is 0 Å². The molecule has 2 heteroatoms. The molecule has 3 aliphatic rings. The van der Waals surface area contributed by atoms with E-state index in [9.17, 15) is 10.2 Å². The number of aromatic hydroxyl groups is 2. The maximum Gasteiger partial charge on any atom is 0.123 e. The van der Waals surface area contributed by atoms with E-state index in [0.717, 1.165) is 47.9 Å². The first kappa shape index (κ1) is 18.8. The second-order valence-corrected chi connectivity index (χ2v) is 11.2. The Morgan fingerprint density at radius 2 is 1.07 bits per heavy atom. The Hall–Kier alpha value is -2.22. The molecular weight excluding hydrogens is 356 g/mol. The molecule has 0 spiro atoms. The standard InChI is InChI=1S/C27H32O2/c1-26(2,3)19-11-15-9-7-14-8-10-16-12-20(27(4,5)6)25(29)18-13-17(24(19)28)21(15)23(14)22(16)18/h11-12,28-29H,7-10,13H2,1-6H3. The highest BCUT2D eigenvalue weighted by Gasteiger charge is 2.38. The first-order valence-electron chi connectivity index (χ1n) is 11.0. The molecule has 29 heavy (non-hydrogen) atoms. The molecule has 0 aliphatic heterocycles. The van der Waals surface area contributed by atoms with Crippen molar-refractivity contribution in [2.24, 2.45) is 0 Å². The first-order valence-corrected chi connectivity index (χ1v) is 11.0. The smallest absolute Gasteiger partial charge is 0.123 e. The van der Waals surface area contributed by atoms with Gasteiger partial charge in [0, 0.05) is 17.5 Å². The summed E-state index contributed by atoms with van der Waals surface area (Å²) in [5.41, 5.74) is 12.0. The molecular formula is C27H32O2. The third-order valence-electron chi connectivity index (χ3n) is 7.18. The predicted octanol–water partition coefficient (Wildman–Crippen LogP) is 6.29. The minimum Gasteiger partial charge on any atom is -0.507 e. The molecule has 0 radical (unpaired) electrons. The van der Waals surface area contributed by atoms with E-state index in [2.05, 4.69) is 53.7 Å². The number of phenolic OH excluding ortho intramolecular Hbond substituents is 2. The van der Waals surface area contributed by atoms with E-state index in [-0.39, 0.29) is 10.8 Å². The topological polar surface area (TPSA) is 40.5 Å². The van der Waals surface area contributed by atoms with Crippen LogP contribution < -0.4 is 0 Å². The normalized spacial score (nSPS) is 17.4. The van der Waals surface area contributed by atoms with Crippen molar-refractivity contribution in [3.8, 4) is 11.5 Å². The van der Waals surface area contributed by atoms with Crippen molar-refractivity contribution in [1.29, 1.82) is 0 Å². The average molecular weight is 389 g/mol. The Kier molecular flexibility index (Phi) is 3.68. The Morgan fingerprint density at radius 3 is 1.45 bits per heavy atom. The molecule has 2 nitrogen and oxygen atoms in total. The van der Waals surface area contributed by atoms with Crippen molar-refractivity contribution in [3.05, 3.63) is 62.2 Å². The van der Waals surface area contributed by atoms with Gasteiger partial charge in [-0.2, -0.15) is 0 Å². The molecule has 2 aromatic rings. The quantitative estimate of drug-likeness (QED) is 0.475. The van der Waals surface area contributed by atoms with Crippen LogP contribution in [0.25, 0.3) is 5.57 Å². The highest BCUT2D eigenvalue weighted by atomic mass is 16.3. The summed E-state index contributed by atoms with van der Waals surface area (Å²) in [6.07, 6.45) is 4.92. The van der Waals surface area contributed by atoms with Crippen molar-refractivity contribution >= 4 is 5.57 Å². The zero-order chi connectivity index (χ0) is 20.9. The minimum absolute atomic E-state index is 0.114. The van der Waals surface area contributed by atoms with E-state index in [1.165, 1.54) is 33.4 Å². The van der Waals surface area contributed by atoms with Gasteiger partial charge in [0.25, 0.3) is 0 Å². The summed E-state index contributed by atoms with van der Waals surface area (Å²) in [7, 11) is 0. The Morgan fingerprint density at radius 1 is 0.655 bits per heavy atom. The summed E-state index contributed by atoms with van der Waals surface area (Å²) in [4.78, 5) is 0. The van der Waals surface area contributed by atoms with Crippen molar-refractivity contribution in [1.82, 2.24) is 0 Å². The molecule has 0 saturated heterocycles. The van der Waals surface area contributed by atoms with E-state index in [0.29, 0.717) is 17.9 Å². The molecule has 5 rings (SSSR count). The van der Waals surface area contributed by atoms with Crippen LogP contribution in [-0.2, 0) is 30.1 Å². The number of phenols is 2. The van der Waals surface area contributed by atoms with Gasteiger partial charge in [0.2, 0.25) is 0 Å². The minimum atomic E-state index is -0.114. The van der Waals surface area contributed by atoms with E-state index in [4.69, 9.17) is 0 Å². The molecule has 0 aromatic heterocycles. The Bertz CT molecular complexity index is 1020. The van der Waals surface area contributed by atoms with Crippen LogP contribution in [0.1, 0.15) is 98.9 Å². The number of benzene rings is 2. The summed E-state index contributed by atoms with van der Waals surface area (Å²) < 4.78 is 0. The van der Waals surface area contributed by atoms with Crippen LogP contribution in [0.3, 0.4) is 0 Å². The van der Waals surface area contributed by atoms with Crippen molar-refractivity contribution < 1.29 is 10.2 Å². The second-order valence-electron chi connectivity index (χ2n) is 11.2. The summed E-state index contributed by atoms with van der Waals surface area (Å²) in [6.45, 7) is 13.0. The lowest BCUT2D eigenvalue weighted by Gasteiger charge is -2.39. The van der Waals surface area contributed by atoms with Crippen LogP contribution >= 0.6 is 0 Å². The van der Waals surface area contributed by atoms with Gasteiger partial charge in [-0.25, -0.2) is 0 Å². The molecule has 0 bridgehead atoms. The Balaban J connectivity index is 1.87. The van der Waals surface area contributed by atoms with Gasteiger partial charge in [-0.1, -0.05) is 59.2 Å². The summed E-state index contributed by atoms with van der Waals surface area (Å²) >= 11 is 0. The summed E-state index contributed by atoms with van der Waals surface area (Å²) in [6, 6.07) is 4.50. The fourth-order valence-corrected chi connectivity index (χ4v) is 5.69. The number of aryl methyl sites for hydroxylation is 2. The van der Waals surface area contributed by atoms with Crippen LogP contribution in [0.4, 0.5) is 0 Å². The molecule has 2 aromatic carbocycles. The van der Waals surface area contributed by atoms with Gasteiger partial charge >= 0.3 is 0 Å². The van der Waals surface area contributed by atoms with Gasteiger partial charge < -0.3 is 10.2 Å². The molecule has 2 N–H and O–H groups in total. The lowest BCUT2D eigenvalue weighted by atomic mass is 9.65. The molecule has 3 aliphatic carbocycles. The maximum absolute atomic E-state index is 11.3. The average Bonchev–Trinajstić information content (AvgIpc) is 2.63. The van der Waals surface area contributed by atoms with Crippen molar-refractivity contribution in [3.63, 3.8) is 0 Å². The molecule has 0 amide bonds. The number of hydrogen-bond acceptors (Lipinski definition) is 2. The van der Waals surface area contributed by atoms with Gasteiger partial charge in [-0.15, -0.1) is 0 Å². The van der Waals surface area contributed by atoms with Gasteiger partial charge in [-0.3, -0.25) is 0 Å². The number of allylic oxidation sites excluding steroid dienone is 1. The number of rotatable bonds is 0. The monoisotopic (exact) mass is 388 g/mol. The third-order valence-corrected chi connectivity index (χ3v) is 7.18. The van der Waals surface area contributed by atoms with Crippen LogP contribution in [-0.4, -0.2) is 10.2 Å². The maximum atomic E-state index is 11.3. The Labute approximate surface area is 174 Å². The van der Waals surface area contributed by atoms with Crippen molar-refractivity contribution in [2.45, 2.75) is 84.5 Å². The molecule has 0 heterocycles. The molecule has 0 atom stereocenters. The fraction of sp³-hybridized carbons (Fsp3) is 0.481. The highest BCUT2D eigenvalue weighted by Crippen LogP contribution is 2.55. The largest absolute Gasteiger partial charge is 0.507 e. The summed E-state index contributed by atoms with van der Waals surface area (Å²) in [5, 5.41) is 22.7. The molecule has 152 valence electrons. The van der Waals surface area contributed by atoms with Crippen LogP contribution in [0.5, 0.6) is 11.5 Å². The van der Waals surface area contributed by atoms with E-state index in [1.807, 2.05) is 0 Å². The van der Waals surface area contributed by atoms with Gasteiger partial charge in [-0.05, 0) is 75.5 Å². The SMILES string of the molecule is CC(C)(C)c1cc2c3c(c1O)Cc1c(O)c(C(C)(C)C)cc4c1C3=C(CC2)CC4. The van der Waals surface area contributed by atoms with Crippen molar-refractivity contribution in [2.75, 3.05) is 0 Å². The van der Waals surface area contributed by atoms with E-state index in [1.54, 1.807) is 0 Å². The third kappa shape index (κ3) is 2.54. The van der Waals surface area contributed by atoms with E-state index < -0.39 is 0 Å². The first-order chi connectivity index (χ1) is 13.5. The van der Waals surface area contributed by atoms with Gasteiger partial charge in [0.1, 0.15) is 11.5 Å². The predicted molar refractivity (Wildman–Crippen MR) is 119 cm³/mol. The zero-order valence-electron chi connectivity index (χ0n) is 18.6. The van der Waals surface area contributed by atoms with Crippen LogP contribution in [0.2, 0.25) is 0 Å². The second kappa shape index (κ2) is 5.68. The zero-order valence-corrected chi connectivity index (χ0v) is 18.6. The van der Waals surface area contributed by atoms with Gasteiger partial charge in [0.05, 0.1) is 0 Å². The molecule has 0 unspecified atom stereocenters. The lowest BCUT2D eigenvalue weighted by Crippen LogP contribution is -2.24. The summed E-state index contributed by atoms with van der Waals surface area (Å²) in [5.74, 6) is 0.867. The highest BCUT2D eigenvalue weighted by molar-refractivity contribution is 5.94. The van der Waals surface area contributed by atoms with Gasteiger partial charge in [0.15, 0.2) is 0 Å². The van der Waals surface area contributed by atoms with Crippen LogP contribution in [0.15, 0.2) is 17.7 Å². The molecule has 0 fully saturated rings. The molecule has 0 saturated carbocycles.